The summed E-state index contributed by atoms with van der Waals surface area (Å²) in [4.78, 5) is 27.2. The van der Waals surface area contributed by atoms with Crippen LogP contribution in [0.3, 0.4) is 0 Å². The summed E-state index contributed by atoms with van der Waals surface area (Å²) in [6.45, 7) is 11.1. The second kappa shape index (κ2) is 8.90. The number of hydrogen-bond acceptors (Lipinski definition) is 5. The molecule has 0 radical (unpaired) electrons. The van der Waals surface area contributed by atoms with Gasteiger partial charge in [0, 0.05) is 31.7 Å². The molecular formula is C21H35N5O4S. The topological polar surface area (TPSA) is 105 Å². The number of carbonyl (C=O) groups is 2. The molecule has 1 aromatic rings. The van der Waals surface area contributed by atoms with Gasteiger partial charge < -0.3 is 10.2 Å². The number of piperidine rings is 1. The molecule has 31 heavy (non-hydrogen) atoms. The average Bonchev–Trinajstić information content (AvgIpc) is 3.28. The predicted molar refractivity (Wildman–Crippen MR) is 117 cm³/mol. The molecule has 2 fully saturated rings. The van der Waals surface area contributed by atoms with Gasteiger partial charge in [-0.15, -0.1) is 0 Å². The molecule has 3 rings (SSSR count). The molecule has 3 heterocycles. The van der Waals surface area contributed by atoms with Crippen LogP contribution in [0.4, 0.5) is 0 Å². The first-order valence-electron chi connectivity index (χ1n) is 11.0. The highest BCUT2D eigenvalue weighted by molar-refractivity contribution is 7.89. The number of amides is 2. The molecule has 0 saturated carbocycles. The summed E-state index contributed by atoms with van der Waals surface area (Å²) in [6, 6.07) is 0. The van der Waals surface area contributed by atoms with Crippen LogP contribution in [-0.4, -0.2) is 70.9 Å². The summed E-state index contributed by atoms with van der Waals surface area (Å²) in [7, 11) is -3.82. The third-order valence-electron chi connectivity index (χ3n) is 5.87. The molecule has 174 valence electrons. The SMILES string of the molecule is Cc1nn(CC(=O)NC(C)(C)C)c(C)c1S(=O)(=O)N1CCC[C@H](C(=O)N2CCCC2)C1. The molecule has 10 heteroatoms. The van der Waals surface area contributed by atoms with Gasteiger partial charge in [0.2, 0.25) is 21.8 Å². The Morgan fingerprint density at radius 3 is 2.35 bits per heavy atom. The molecule has 0 aliphatic carbocycles. The van der Waals surface area contributed by atoms with Gasteiger partial charge in [0.1, 0.15) is 11.4 Å². The third kappa shape index (κ3) is 5.28. The van der Waals surface area contributed by atoms with Crippen molar-refractivity contribution in [1.29, 1.82) is 0 Å². The van der Waals surface area contributed by atoms with Crippen molar-refractivity contribution in [2.75, 3.05) is 26.2 Å². The Bertz CT molecular complexity index is 942. The fourth-order valence-electron chi connectivity index (χ4n) is 4.49. The number of rotatable bonds is 5. The van der Waals surface area contributed by atoms with Crippen molar-refractivity contribution >= 4 is 21.8 Å². The van der Waals surface area contributed by atoms with E-state index in [2.05, 4.69) is 10.4 Å². The van der Waals surface area contributed by atoms with E-state index in [1.807, 2.05) is 25.7 Å². The minimum Gasteiger partial charge on any atom is -0.350 e. The molecular weight excluding hydrogens is 418 g/mol. The first-order chi connectivity index (χ1) is 14.4. The van der Waals surface area contributed by atoms with Crippen LogP contribution < -0.4 is 5.32 Å². The monoisotopic (exact) mass is 453 g/mol. The number of carbonyl (C=O) groups excluding carboxylic acids is 2. The minimum atomic E-state index is -3.82. The number of hydrogen-bond donors (Lipinski definition) is 1. The maximum absolute atomic E-state index is 13.5. The second-order valence-electron chi connectivity index (χ2n) is 9.69. The lowest BCUT2D eigenvalue weighted by Gasteiger charge is -2.33. The van der Waals surface area contributed by atoms with Gasteiger partial charge in [-0.3, -0.25) is 14.3 Å². The molecule has 2 aliphatic rings. The molecule has 2 aliphatic heterocycles. The van der Waals surface area contributed by atoms with E-state index in [9.17, 15) is 18.0 Å². The summed E-state index contributed by atoms with van der Waals surface area (Å²) < 4.78 is 29.9. The Labute approximate surface area is 185 Å². The largest absolute Gasteiger partial charge is 0.350 e. The fraction of sp³-hybridized carbons (Fsp3) is 0.762. The highest BCUT2D eigenvalue weighted by Crippen LogP contribution is 2.29. The lowest BCUT2D eigenvalue weighted by atomic mass is 9.98. The summed E-state index contributed by atoms with van der Waals surface area (Å²) >= 11 is 0. The van der Waals surface area contributed by atoms with Gasteiger partial charge in [-0.2, -0.15) is 9.40 Å². The Hall–Kier alpha value is -1.94. The molecule has 0 aromatic carbocycles. The van der Waals surface area contributed by atoms with E-state index < -0.39 is 10.0 Å². The van der Waals surface area contributed by atoms with Crippen LogP contribution in [0.15, 0.2) is 4.90 Å². The third-order valence-corrected chi connectivity index (χ3v) is 7.99. The van der Waals surface area contributed by atoms with Crippen LogP contribution in [0.2, 0.25) is 0 Å². The number of aromatic nitrogens is 2. The van der Waals surface area contributed by atoms with Crippen molar-refractivity contribution in [2.45, 2.75) is 77.3 Å². The molecule has 2 saturated heterocycles. The zero-order chi connectivity index (χ0) is 23.0. The van der Waals surface area contributed by atoms with Crippen molar-refractivity contribution < 1.29 is 18.0 Å². The van der Waals surface area contributed by atoms with Crippen LogP contribution in [0.1, 0.15) is 57.8 Å². The number of likely N-dealkylation sites (tertiary alicyclic amines) is 1. The van der Waals surface area contributed by atoms with Crippen molar-refractivity contribution in [3.63, 3.8) is 0 Å². The van der Waals surface area contributed by atoms with Gasteiger partial charge in [0.15, 0.2) is 0 Å². The Morgan fingerprint density at radius 2 is 1.74 bits per heavy atom. The minimum absolute atomic E-state index is 0.0461. The van der Waals surface area contributed by atoms with E-state index in [0.29, 0.717) is 30.8 Å². The molecule has 0 bridgehead atoms. The Morgan fingerprint density at radius 1 is 1.10 bits per heavy atom. The fourth-order valence-corrected chi connectivity index (χ4v) is 6.39. The van der Waals surface area contributed by atoms with Gasteiger partial charge in [0.25, 0.3) is 0 Å². The normalized spacial score (nSPS) is 20.8. The maximum atomic E-state index is 13.5. The van der Waals surface area contributed by atoms with Gasteiger partial charge in [-0.1, -0.05) is 0 Å². The van der Waals surface area contributed by atoms with Crippen LogP contribution in [0.5, 0.6) is 0 Å². The van der Waals surface area contributed by atoms with Crippen LogP contribution in [-0.2, 0) is 26.2 Å². The van der Waals surface area contributed by atoms with Crippen molar-refractivity contribution in [3.8, 4) is 0 Å². The first kappa shape index (κ1) is 23.7. The first-order valence-corrected chi connectivity index (χ1v) is 12.5. The van der Waals surface area contributed by atoms with E-state index in [4.69, 9.17) is 0 Å². The lowest BCUT2D eigenvalue weighted by Crippen LogP contribution is -2.46. The molecule has 1 N–H and O–H groups in total. The van der Waals surface area contributed by atoms with Gasteiger partial charge in [-0.25, -0.2) is 8.42 Å². The van der Waals surface area contributed by atoms with Gasteiger partial charge in [0.05, 0.1) is 17.3 Å². The second-order valence-corrected chi connectivity index (χ2v) is 11.6. The predicted octanol–water partition coefficient (Wildman–Crippen LogP) is 1.44. The molecule has 0 unspecified atom stereocenters. The Kier molecular flexibility index (Phi) is 6.81. The van der Waals surface area contributed by atoms with Crippen molar-refractivity contribution in [1.82, 2.24) is 24.3 Å². The Balaban J connectivity index is 1.79. The van der Waals surface area contributed by atoms with Gasteiger partial charge in [-0.05, 0) is 60.3 Å². The zero-order valence-corrected chi connectivity index (χ0v) is 20.1. The molecule has 0 spiro atoms. The summed E-state index contributed by atoms with van der Waals surface area (Å²) in [6.07, 6.45) is 3.40. The van der Waals surface area contributed by atoms with Crippen molar-refractivity contribution in [3.05, 3.63) is 11.4 Å². The van der Waals surface area contributed by atoms with Crippen LogP contribution in [0.25, 0.3) is 0 Å². The standard InChI is InChI=1S/C21H35N5O4S/c1-15-19(16(2)26(23-15)14-18(27)22-21(3,4)5)31(29,30)25-12-8-9-17(13-25)20(28)24-10-6-7-11-24/h17H,6-14H2,1-5H3,(H,22,27)/t17-/m0/s1. The van der Waals surface area contributed by atoms with Crippen molar-refractivity contribution in [2.24, 2.45) is 5.92 Å². The van der Waals surface area contributed by atoms with E-state index in [1.54, 1.807) is 13.8 Å². The number of aryl methyl sites for hydroxylation is 1. The van der Waals surface area contributed by atoms with Crippen LogP contribution >= 0.6 is 0 Å². The summed E-state index contributed by atoms with van der Waals surface area (Å²) in [5.74, 6) is -0.452. The smallest absolute Gasteiger partial charge is 0.246 e. The average molecular weight is 454 g/mol. The molecule has 9 nitrogen and oxygen atoms in total. The highest BCUT2D eigenvalue weighted by Gasteiger charge is 2.38. The highest BCUT2D eigenvalue weighted by atomic mass is 32.2. The number of sulfonamides is 1. The quantitative estimate of drug-likeness (QED) is 0.726. The summed E-state index contributed by atoms with van der Waals surface area (Å²) in [5, 5.41) is 7.20. The molecule has 2 amide bonds. The molecule has 1 aromatic heterocycles. The van der Waals surface area contributed by atoms with E-state index in [0.717, 1.165) is 25.9 Å². The van der Waals surface area contributed by atoms with Crippen LogP contribution in [0, 0.1) is 19.8 Å². The van der Waals surface area contributed by atoms with E-state index in [-0.39, 0.29) is 41.3 Å². The van der Waals surface area contributed by atoms with E-state index >= 15 is 0 Å². The van der Waals surface area contributed by atoms with Gasteiger partial charge >= 0.3 is 0 Å². The maximum Gasteiger partial charge on any atom is 0.246 e. The number of nitrogens with zero attached hydrogens (tertiary/aromatic N) is 4. The van der Waals surface area contributed by atoms with E-state index in [1.165, 1.54) is 8.99 Å². The number of nitrogens with one attached hydrogen (secondary N) is 1. The molecule has 1 atom stereocenters. The zero-order valence-electron chi connectivity index (χ0n) is 19.3. The summed E-state index contributed by atoms with van der Waals surface area (Å²) in [5.41, 5.74) is 0.427. The lowest BCUT2D eigenvalue weighted by molar-refractivity contribution is -0.135.